The number of carbonyl (C=O) groups is 1. The van der Waals surface area contributed by atoms with Crippen molar-refractivity contribution in [3.63, 3.8) is 0 Å². The summed E-state index contributed by atoms with van der Waals surface area (Å²) in [6.07, 6.45) is 4.60. The second-order valence-corrected chi connectivity index (χ2v) is 5.02. The fraction of sp³-hybridized carbons (Fsp3) is 0.438. The average molecular weight is 293 g/mol. The van der Waals surface area contributed by atoms with Gasteiger partial charge in [-0.1, -0.05) is 0 Å². The molecule has 0 spiro atoms. The Bertz CT molecular complexity index is 522. The van der Waals surface area contributed by atoms with Gasteiger partial charge in [-0.15, -0.1) is 0 Å². The molecule has 0 atom stereocenters. The number of halogens is 1. The lowest BCUT2D eigenvalue weighted by Crippen LogP contribution is -2.37. The van der Waals surface area contributed by atoms with Gasteiger partial charge < -0.3 is 14.7 Å². The molecule has 0 unspecified atom stereocenters. The van der Waals surface area contributed by atoms with Gasteiger partial charge in [0.15, 0.2) is 0 Å². The average Bonchev–Trinajstić information content (AvgIpc) is 2.46. The van der Waals surface area contributed by atoms with Crippen LogP contribution >= 0.6 is 0 Å². The van der Waals surface area contributed by atoms with Crippen LogP contribution in [0.25, 0.3) is 6.08 Å². The molecular formula is C16H20FNO3. The van der Waals surface area contributed by atoms with Crippen LogP contribution in [0.5, 0.6) is 0 Å². The number of rotatable bonds is 5. The lowest BCUT2D eigenvalue weighted by Gasteiger charge is -2.34. The highest BCUT2D eigenvalue weighted by Gasteiger charge is 2.20. The van der Waals surface area contributed by atoms with Crippen LogP contribution in [0.15, 0.2) is 24.3 Å². The smallest absolute Gasteiger partial charge is 0.328 e. The van der Waals surface area contributed by atoms with Crippen LogP contribution in [0.2, 0.25) is 0 Å². The van der Waals surface area contributed by atoms with Gasteiger partial charge in [-0.3, -0.25) is 0 Å². The van der Waals surface area contributed by atoms with Gasteiger partial charge in [0.2, 0.25) is 0 Å². The summed E-state index contributed by atoms with van der Waals surface area (Å²) in [7, 11) is 0. The Hall–Kier alpha value is -1.88. The van der Waals surface area contributed by atoms with Crippen molar-refractivity contribution in [1.29, 1.82) is 0 Å². The number of piperidine rings is 1. The maximum absolute atomic E-state index is 13.4. The van der Waals surface area contributed by atoms with Crippen LogP contribution in [0.3, 0.4) is 0 Å². The Morgan fingerprint density at radius 3 is 2.81 bits per heavy atom. The summed E-state index contributed by atoms with van der Waals surface area (Å²) in [6.45, 7) is 4.35. The molecule has 1 aliphatic heterocycles. The number of hydrogen-bond acceptors (Lipinski definition) is 3. The standard InChI is InChI=1S/C16H20FNO3/c1-2-21-14-7-9-18(10-8-14)15-5-4-13(17)11-12(15)3-6-16(19)20/h3-6,11,14H,2,7-10H2,1H3,(H,19,20)/b6-3+. The van der Waals surface area contributed by atoms with Crippen molar-refractivity contribution in [2.45, 2.75) is 25.9 Å². The predicted molar refractivity (Wildman–Crippen MR) is 79.9 cm³/mol. The number of anilines is 1. The quantitative estimate of drug-likeness (QED) is 0.848. The first-order valence-corrected chi connectivity index (χ1v) is 7.17. The first-order valence-electron chi connectivity index (χ1n) is 7.17. The monoisotopic (exact) mass is 293 g/mol. The molecule has 21 heavy (non-hydrogen) atoms. The van der Waals surface area contributed by atoms with Crippen molar-refractivity contribution in [1.82, 2.24) is 0 Å². The van der Waals surface area contributed by atoms with E-state index in [0.717, 1.165) is 37.7 Å². The third-order valence-electron chi connectivity index (χ3n) is 3.58. The molecule has 5 heteroatoms. The van der Waals surface area contributed by atoms with Crippen LogP contribution in [-0.2, 0) is 9.53 Å². The third-order valence-corrected chi connectivity index (χ3v) is 3.58. The van der Waals surface area contributed by atoms with Gasteiger partial charge in [0.05, 0.1) is 6.10 Å². The SMILES string of the molecule is CCOC1CCN(c2ccc(F)cc2/C=C/C(=O)O)CC1. The van der Waals surface area contributed by atoms with Crippen LogP contribution in [0, 0.1) is 5.82 Å². The van der Waals surface area contributed by atoms with E-state index in [1.54, 1.807) is 6.07 Å². The summed E-state index contributed by atoms with van der Waals surface area (Å²) in [6, 6.07) is 4.48. The van der Waals surface area contributed by atoms with Gasteiger partial charge in [-0.05, 0) is 44.0 Å². The topological polar surface area (TPSA) is 49.8 Å². The van der Waals surface area contributed by atoms with Crippen LogP contribution in [-0.4, -0.2) is 36.9 Å². The van der Waals surface area contributed by atoms with E-state index < -0.39 is 5.97 Å². The van der Waals surface area contributed by atoms with Crippen molar-refractivity contribution in [2.75, 3.05) is 24.6 Å². The van der Waals surface area contributed by atoms with Crippen molar-refractivity contribution < 1.29 is 19.0 Å². The molecule has 1 aromatic carbocycles. The van der Waals surface area contributed by atoms with Gasteiger partial charge in [-0.2, -0.15) is 0 Å². The van der Waals surface area contributed by atoms with E-state index in [4.69, 9.17) is 9.84 Å². The normalized spacial score (nSPS) is 16.6. The number of ether oxygens (including phenoxy) is 1. The van der Waals surface area contributed by atoms with E-state index in [2.05, 4.69) is 4.90 Å². The second-order valence-electron chi connectivity index (χ2n) is 5.02. The summed E-state index contributed by atoms with van der Waals surface area (Å²) < 4.78 is 19.0. The first-order chi connectivity index (χ1) is 10.1. The van der Waals surface area contributed by atoms with Gasteiger partial charge in [0.1, 0.15) is 5.82 Å². The Morgan fingerprint density at radius 2 is 2.19 bits per heavy atom. The molecule has 0 saturated carbocycles. The lowest BCUT2D eigenvalue weighted by molar-refractivity contribution is -0.131. The molecule has 1 heterocycles. The number of hydrogen-bond donors (Lipinski definition) is 1. The van der Waals surface area contributed by atoms with Crippen LogP contribution < -0.4 is 4.90 Å². The maximum atomic E-state index is 13.4. The van der Waals surface area contributed by atoms with E-state index in [1.807, 2.05) is 6.92 Å². The largest absolute Gasteiger partial charge is 0.478 e. The Labute approximate surface area is 123 Å². The first kappa shape index (κ1) is 15.5. The number of benzene rings is 1. The summed E-state index contributed by atoms with van der Waals surface area (Å²) >= 11 is 0. The Balaban J connectivity index is 2.14. The molecule has 0 radical (unpaired) electrons. The van der Waals surface area contributed by atoms with Crippen LogP contribution in [0.1, 0.15) is 25.3 Å². The molecule has 0 aliphatic carbocycles. The van der Waals surface area contributed by atoms with Crippen LogP contribution in [0.4, 0.5) is 10.1 Å². The second kappa shape index (κ2) is 7.22. The molecule has 2 rings (SSSR count). The zero-order valence-electron chi connectivity index (χ0n) is 12.1. The van der Waals surface area contributed by atoms with Crippen molar-refractivity contribution >= 4 is 17.7 Å². The molecule has 0 aromatic heterocycles. The molecule has 1 aliphatic rings. The zero-order valence-corrected chi connectivity index (χ0v) is 12.1. The van der Waals surface area contributed by atoms with E-state index in [-0.39, 0.29) is 11.9 Å². The van der Waals surface area contributed by atoms with Gasteiger partial charge in [0.25, 0.3) is 0 Å². The third kappa shape index (κ3) is 4.29. The molecule has 1 fully saturated rings. The highest BCUT2D eigenvalue weighted by atomic mass is 19.1. The zero-order chi connectivity index (χ0) is 15.2. The van der Waals surface area contributed by atoms with Crippen molar-refractivity contribution in [2.24, 2.45) is 0 Å². The molecule has 114 valence electrons. The molecule has 0 amide bonds. The summed E-state index contributed by atoms with van der Waals surface area (Å²) in [4.78, 5) is 12.8. The number of carboxylic acid groups (broad SMARTS) is 1. The van der Waals surface area contributed by atoms with E-state index >= 15 is 0 Å². The van der Waals surface area contributed by atoms with Crippen molar-refractivity contribution in [3.8, 4) is 0 Å². The van der Waals surface area contributed by atoms with Crippen molar-refractivity contribution in [3.05, 3.63) is 35.7 Å². The fourth-order valence-corrected chi connectivity index (χ4v) is 2.61. The fourth-order valence-electron chi connectivity index (χ4n) is 2.61. The lowest BCUT2D eigenvalue weighted by atomic mass is 10.0. The number of carboxylic acids is 1. The minimum absolute atomic E-state index is 0.282. The molecule has 0 bridgehead atoms. The van der Waals surface area contributed by atoms with E-state index in [9.17, 15) is 9.18 Å². The number of aliphatic carboxylic acids is 1. The van der Waals surface area contributed by atoms with E-state index in [0.29, 0.717) is 12.2 Å². The summed E-state index contributed by atoms with van der Waals surface area (Å²) in [5.74, 6) is -1.41. The number of nitrogens with zero attached hydrogens (tertiary/aromatic N) is 1. The maximum Gasteiger partial charge on any atom is 0.328 e. The minimum atomic E-state index is -1.04. The summed E-state index contributed by atoms with van der Waals surface area (Å²) in [5, 5.41) is 8.73. The van der Waals surface area contributed by atoms with Gasteiger partial charge >= 0.3 is 5.97 Å². The molecule has 4 nitrogen and oxygen atoms in total. The van der Waals surface area contributed by atoms with Gasteiger partial charge in [-0.25, -0.2) is 9.18 Å². The molecule has 1 aromatic rings. The molecular weight excluding hydrogens is 273 g/mol. The molecule has 1 N–H and O–H groups in total. The highest BCUT2D eigenvalue weighted by molar-refractivity contribution is 5.87. The van der Waals surface area contributed by atoms with Gasteiger partial charge in [0, 0.05) is 37.0 Å². The predicted octanol–water partition coefficient (Wildman–Crippen LogP) is 2.93. The highest BCUT2D eigenvalue weighted by Crippen LogP contribution is 2.27. The molecule has 1 saturated heterocycles. The Morgan fingerprint density at radius 1 is 1.48 bits per heavy atom. The summed E-state index contributed by atoms with van der Waals surface area (Å²) in [5.41, 5.74) is 1.45. The Kier molecular flexibility index (Phi) is 5.33. The minimum Gasteiger partial charge on any atom is -0.478 e. The van der Waals surface area contributed by atoms with E-state index in [1.165, 1.54) is 18.2 Å².